The first-order valence-electron chi connectivity index (χ1n) is 5.86. The molecule has 1 fully saturated rings. The Morgan fingerprint density at radius 2 is 2.12 bits per heavy atom. The van der Waals surface area contributed by atoms with Crippen LogP contribution < -0.4 is 10.5 Å². The number of hydrogen-bond donors (Lipinski definition) is 1. The molecule has 0 spiro atoms. The van der Waals surface area contributed by atoms with Crippen LogP contribution in [-0.4, -0.2) is 33.4 Å². The Balaban J connectivity index is 1.86. The second-order valence-corrected chi connectivity index (χ2v) is 4.44. The van der Waals surface area contributed by atoms with E-state index in [2.05, 4.69) is 15.5 Å². The molecule has 0 bridgehead atoms. The highest BCUT2D eigenvalue weighted by Gasteiger charge is 2.24. The Morgan fingerprint density at radius 1 is 1.38 bits per heavy atom. The van der Waals surface area contributed by atoms with Crippen molar-refractivity contribution >= 4 is 0 Å². The van der Waals surface area contributed by atoms with Gasteiger partial charge in [0.2, 0.25) is 0 Å². The zero-order chi connectivity index (χ0) is 11.4. The van der Waals surface area contributed by atoms with Gasteiger partial charge in [0.05, 0.1) is 6.61 Å². The average molecular weight is 225 g/mol. The first-order valence-corrected chi connectivity index (χ1v) is 5.86. The van der Waals surface area contributed by atoms with Crippen molar-refractivity contribution in [2.45, 2.75) is 25.7 Å². The summed E-state index contributed by atoms with van der Waals surface area (Å²) in [6, 6.07) is 0.487. The molecule has 0 amide bonds. The molecule has 0 aliphatic heterocycles. The largest absolute Gasteiger partial charge is 0.462 e. The number of nitrogens with two attached hydrogens (primary N) is 1. The first kappa shape index (κ1) is 11.3. The van der Waals surface area contributed by atoms with Crippen LogP contribution in [0, 0.1) is 11.8 Å². The monoisotopic (exact) mass is 225 g/mol. The van der Waals surface area contributed by atoms with Crippen LogP contribution in [0.5, 0.6) is 6.01 Å². The molecule has 1 saturated carbocycles. The number of ether oxygens (including phenoxy) is 1. The summed E-state index contributed by atoms with van der Waals surface area (Å²) in [6.07, 6.45) is 5.00. The van der Waals surface area contributed by atoms with E-state index in [0.717, 1.165) is 6.54 Å². The van der Waals surface area contributed by atoms with Gasteiger partial charge in [0, 0.05) is 7.05 Å². The maximum atomic E-state index is 5.77. The molecule has 1 aromatic heterocycles. The summed E-state index contributed by atoms with van der Waals surface area (Å²) in [4.78, 5) is 0. The van der Waals surface area contributed by atoms with Crippen LogP contribution in [-0.2, 0) is 7.05 Å². The van der Waals surface area contributed by atoms with E-state index in [-0.39, 0.29) is 0 Å². The predicted octanol–water partition coefficient (Wildman–Crippen LogP) is 0.354. The molecule has 6 nitrogen and oxygen atoms in total. The first-order chi connectivity index (χ1) is 7.81. The second-order valence-electron chi connectivity index (χ2n) is 4.44. The SMILES string of the molecule is Cn1nnnc1OCC1CCCCC1CN. The average Bonchev–Trinajstić information content (AvgIpc) is 2.72. The fourth-order valence-electron chi connectivity index (χ4n) is 2.34. The minimum Gasteiger partial charge on any atom is -0.462 e. The van der Waals surface area contributed by atoms with Gasteiger partial charge in [-0.15, -0.1) is 0 Å². The van der Waals surface area contributed by atoms with Gasteiger partial charge in [-0.05, 0) is 41.6 Å². The van der Waals surface area contributed by atoms with Crippen molar-refractivity contribution in [1.29, 1.82) is 0 Å². The third-order valence-electron chi connectivity index (χ3n) is 3.38. The lowest BCUT2D eigenvalue weighted by atomic mass is 9.80. The molecule has 90 valence electrons. The summed E-state index contributed by atoms with van der Waals surface area (Å²) >= 11 is 0. The normalized spacial score (nSPS) is 25.6. The summed E-state index contributed by atoms with van der Waals surface area (Å²) in [5.74, 6) is 1.14. The quantitative estimate of drug-likeness (QED) is 0.800. The number of nitrogens with zero attached hydrogens (tertiary/aromatic N) is 4. The van der Waals surface area contributed by atoms with Gasteiger partial charge >= 0.3 is 6.01 Å². The fourth-order valence-corrected chi connectivity index (χ4v) is 2.34. The van der Waals surface area contributed by atoms with Gasteiger partial charge < -0.3 is 10.5 Å². The molecule has 0 aromatic carbocycles. The molecule has 2 atom stereocenters. The summed E-state index contributed by atoms with van der Waals surface area (Å²) in [5.41, 5.74) is 5.77. The molecule has 16 heavy (non-hydrogen) atoms. The van der Waals surface area contributed by atoms with Crippen molar-refractivity contribution in [3.63, 3.8) is 0 Å². The van der Waals surface area contributed by atoms with Gasteiger partial charge in [-0.25, -0.2) is 0 Å². The van der Waals surface area contributed by atoms with Crippen molar-refractivity contribution in [2.75, 3.05) is 13.2 Å². The maximum Gasteiger partial charge on any atom is 0.335 e. The molecular weight excluding hydrogens is 206 g/mol. The summed E-state index contributed by atoms with van der Waals surface area (Å²) in [7, 11) is 1.77. The van der Waals surface area contributed by atoms with Crippen LogP contribution in [0.3, 0.4) is 0 Å². The Hall–Kier alpha value is -1.17. The molecule has 1 aromatic rings. The standard InChI is InChI=1S/C10H19N5O/c1-15-10(12-13-14-15)16-7-9-5-3-2-4-8(9)6-11/h8-9H,2-7,11H2,1H3. The highest BCUT2D eigenvalue weighted by molar-refractivity contribution is 4.87. The van der Waals surface area contributed by atoms with Crippen LogP contribution in [0.1, 0.15) is 25.7 Å². The highest BCUT2D eigenvalue weighted by atomic mass is 16.5. The van der Waals surface area contributed by atoms with Crippen LogP contribution in [0.15, 0.2) is 0 Å². The summed E-state index contributed by atoms with van der Waals surface area (Å²) in [5, 5.41) is 11.1. The van der Waals surface area contributed by atoms with E-state index >= 15 is 0 Å². The van der Waals surface area contributed by atoms with Crippen molar-refractivity contribution in [1.82, 2.24) is 20.2 Å². The van der Waals surface area contributed by atoms with Crippen LogP contribution in [0.2, 0.25) is 0 Å². The Bertz CT molecular complexity index is 327. The van der Waals surface area contributed by atoms with Crippen molar-refractivity contribution < 1.29 is 4.74 Å². The number of aromatic nitrogens is 4. The lowest BCUT2D eigenvalue weighted by Crippen LogP contribution is -2.31. The van der Waals surface area contributed by atoms with Crippen molar-refractivity contribution in [3.05, 3.63) is 0 Å². The topological polar surface area (TPSA) is 78.8 Å². The Labute approximate surface area is 95.1 Å². The van der Waals surface area contributed by atoms with E-state index in [0.29, 0.717) is 24.5 Å². The highest BCUT2D eigenvalue weighted by Crippen LogP contribution is 2.29. The van der Waals surface area contributed by atoms with Crippen molar-refractivity contribution in [3.8, 4) is 6.01 Å². The molecule has 2 N–H and O–H groups in total. The van der Waals surface area contributed by atoms with E-state index in [9.17, 15) is 0 Å². The lowest BCUT2D eigenvalue weighted by Gasteiger charge is -2.29. The molecule has 2 rings (SSSR count). The van der Waals surface area contributed by atoms with Crippen molar-refractivity contribution in [2.24, 2.45) is 24.6 Å². The summed E-state index contributed by atoms with van der Waals surface area (Å²) in [6.45, 7) is 1.43. The third kappa shape index (κ3) is 2.49. The van der Waals surface area contributed by atoms with E-state index in [4.69, 9.17) is 10.5 Å². The molecule has 0 saturated heterocycles. The molecular formula is C10H19N5O. The molecule has 6 heteroatoms. The fraction of sp³-hybridized carbons (Fsp3) is 0.900. The van der Waals surface area contributed by atoms with E-state index in [1.807, 2.05) is 0 Å². The molecule has 1 heterocycles. The second kappa shape index (κ2) is 5.25. The number of rotatable bonds is 4. The zero-order valence-corrected chi connectivity index (χ0v) is 9.67. The van der Waals surface area contributed by atoms with Crippen LogP contribution in [0.4, 0.5) is 0 Å². The third-order valence-corrected chi connectivity index (χ3v) is 3.38. The number of aryl methyl sites for hydroxylation is 1. The van der Waals surface area contributed by atoms with Gasteiger partial charge in [0.25, 0.3) is 0 Å². The molecule has 2 unspecified atom stereocenters. The van der Waals surface area contributed by atoms with Gasteiger partial charge in [-0.1, -0.05) is 17.9 Å². The smallest absolute Gasteiger partial charge is 0.335 e. The van der Waals surface area contributed by atoms with Gasteiger partial charge in [0.1, 0.15) is 0 Å². The number of hydrogen-bond acceptors (Lipinski definition) is 5. The maximum absolute atomic E-state index is 5.77. The van der Waals surface area contributed by atoms with Gasteiger partial charge in [0.15, 0.2) is 0 Å². The lowest BCUT2D eigenvalue weighted by molar-refractivity contribution is 0.141. The predicted molar refractivity (Wildman–Crippen MR) is 58.8 cm³/mol. The number of tetrazole rings is 1. The zero-order valence-electron chi connectivity index (χ0n) is 9.67. The molecule has 1 aliphatic carbocycles. The Morgan fingerprint density at radius 3 is 2.75 bits per heavy atom. The van der Waals surface area contributed by atoms with Crippen LogP contribution in [0.25, 0.3) is 0 Å². The van der Waals surface area contributed by atoms with Gasteiger partial charge in [-0.2, -0.15) is 4.68 Å². The van der Waals surface area contributed by atoms with E-state index in [1.54, 1.807) is 11.7 Å². The minimum absolute atomic E-state index is 0.487. The summed E-state index contributed by atoms with van der Waals surface area (Å²) < 4.78 is 7.16. The van der Waals surface area contributed by atoms with E-state index < -0.39 is 0 Å². The van der Waals surface area contributed by atoms with Gasteiger partial charge in [-0.3, -0.25) is 0 Å². The van der Waals surface area contributed by atoms with E-state index in [1.165, 1.54) is 25.7 Å². The van der Waals surface area contributed by atoms with Crippen LogP contribution >= 0.6 is 0 Å². The Kier molecular flexibility index (Phi) is 3.71. The molecule has 0 radical (unpaired) electrons. The minimum atomic E-state index is 0.487. The molecule has 1 aliphatic rings.